The molecule has 122 valence electrons. The van der Waals surface area contributed by atoms with Crippen molar-refractivity contribution in [1.29, 1.82) is 0 Å². The molecule has 1 heterocycles. The summed E-state index contributed by atoms with van der Waals surface area (Å²) in [7, 11) is 3.06. The molecule has 5 nitrogen and oxygen atoms in total. The normalized spacial score (nSPS) is 10.2. The summed E-state index contributed by atoms with van der Waals surface area (Å²) >= 11 is 1.39. The molecule has 1 amide bonds. The van der Waals surface area contributed by atoms with Crippen LogP contribution in [-0.4, -0.2) is 25.1 Å². The molecule has 0 N–H and O–H groups in total. The maximum Gasteiger partial charge on any atom is 0.268 e. The highest BCUT2D eigenvalue weighted by Crippen LogP contribution is 2.35. The summed E-state index contributed by atoms with van der Waals surface area (Å²) < 4.78 is 10.7. The molecule has 0 spiro atoms. The minimum atomic E-state index is -0.230. The number of carbonyl (C=O) groups is 1. The molecule has 0 atom stereocenters. The topological polar surface area (TPSA) is 51.7 Å². The summed E-state index contributed by atoms with van der Waals surface area (Å²) in [5.41, 5.74) is 1.15. The van der Waals surface area contributed by atoms with E-state index in [0.29, 0.717) is 22.2 Å². The second kappa shape index (κ2) is 7.14. The minimum Gasteiger partial charge on any atom is -0.493 e. The molecule has 0 saturated carbocycles. The van der Waals surface area contributed by atoms with Gasteiger partial charge in [-0.15, -0.1) is 11.3 Å². The number of methoxy groups -OCH3 is 2. The number of anilines is 2. The van der Waals surface area contributed by atoms with Crippen molar-refractivity contribution in [2.45, 2.75) is 0 Å². The third kappa shape index (κ3) is 2.96. The Morgan fingerprint density at radius 1 is 1.04 bits per heavy atom. The molecule has 24 heavy (non-hydrogen) atoms. The first-order valence-electron chi connectivity index (χ1n) is 7.26. The number of benzene rings is 2. The van der Waals surface area contributed by atoms with Crippen molar-refractivity contribution in [3.63, 3.8) is 0 Å². The van der Waals surface area contributed by atoms with Crippen molar-refractivity contribution in [2.24, 2.45) is 0 Å². The molecule has 6 heteroatoms. The molecular formula is C18H16N2O3S. The number of hydrogen-bond donors (Lipinski definition) is 0. The number of nitrogens with zero attached hydrogens (tertiary/aromatic N) is 2. The van der Waals surface area contributed by atoms with Crippen molar-refractivity contribution in [2.75, 3.05) is 19.1 Å². The number of amides is 1. The standard InChI is InChI=1S/C18H16N2O3S/c1-22-15-10-6-9-14(16(15)23-2)17(21)20(18-19-11-12-24-18)13-7-4-3-5-8-13/h3-12H,1-2H3. The number of hydrogen-bond acceptors (Lipinski definition) is 5. The van der Waals surface area contributed by atoms with E-state index in [1.165, 1.54) is 18.4 Å². The molecule has 0 aliphatic rings. The van der Waals surface area contributed by atoms with Gasteiger partial charge in [-0.1, -0.05) is 24.3 Å². The summed E-state index contributed by atoms with van der Waals surface area (Å²) in [5, 5.41) is 2.43. The first-order chi connectivity index (χ1) is 11.8. The first kappa shape index (κ1) is 16.0. The Kier molecular flexibility index (Phi) is 4.77. The maximum absolute atomic E-state index is 13.2. The lowest BCUT2D eigenvalue weighted by Gasteiger charge is -2.21. The summed E-state index contributed by atoms with van der Waals surface area (Å²) in [6.07, 6.45) is 1.67. The Bertz CT molecular complexity index is 820. The third-order valence-corrected chi connectivity index (χ3v) is 4.22. The van der Waals surface area contributed by atoms with Gasteiger partial charge in [0.2, 0.25) is 0 Å². The second-order valence-electron chi connectivity index (χ2n) is 4.83. The molecule has 0 radical (unpaired) electrons. The molecule has 0 unspecified atom stereocenters. The Balaban J connectivity index is 2.11. The predicted molar refractivity (Wildman–Crippen MR) is 94.6 cm³/mol. The summed E-state index contributed by atoms with van der Waals surface area (Å²) in [6.45, 7) is 0. The van der Waals surface area contributed by atoms with Crippen LogP contribution >= 0.6 is 11.3 Å². The van der Waals surface area contributed by atoms with Crippen LogP contribution in [0.5, 0.6) is 11.5 Å². The summed E-state index contributed by atoms with van der Waals surface area (Å²) in [6, 6.07) is 14.6. The second-order valence-corrected chi connectivity index (χ2v) is 5.70. The van der Waals surface area contributed by atoms with E-state index in [1.54, 1.807) is 36.4 Å². The van der Waals surface area contributed by atoms with E-state index in [2.05, 4.69) is 4.98 Å². The zero-order chi connectivity index (χ0) is 16.9. The van der Waals surface area contributed by atoms with Gasteiger partial charge in [-0.2, -0.15) is 0 Å². The highest BCUT2D eigenvalue weighted by molar-refractivity contribution is 7.13. The van der Waals surface area contributed by atoms with Crippen molar-refractivity contribution in [1.82, 2.24) is 4.98 Å². The smallest absolute Gasteiger partial charge is 0.268 e. The van der Waals surface area contributed by atoms with E-state index in [1.807, 2.05) is 35.7 Å². The Labute approximate surface area is 144 Å². The Hall–Kier alpha value is -2.86. The highest BCUT2D eigenvalue weighted by Gasteiger charge is 2.26. The van der Waals surface area contributed by atoms with Crippen LogP contribution in [0.25, 0.3) is 0 Å². The lowest BCUT2D eigenvalue weighted by atomic mass is 10.1. The maximum atomic E-state index is 13.2. The molecule has 0 aliphatic heterocycles. The Morgan fingerprint density at radius 2 is 1.83 bits per heavy atom. The zero-order valence-electron chi connectivity index (χ0n) is 13.3. The fourth-order valence-corrected chi connectivity index (χ4v) is 3.05. The van der Waals surface area contributed by atoms with Crippen LogP contribution in [-0.2, 0) is 0 Å². The van der Waals surface area contributed by atoms with Crippen LogP contribution in [0.15, 0.2) is 60.1 Å². The van der Waals surface area contributed by atoms with E-state index >= 15 is 0 Å². The van der Waals surface area contributed by atoms with Gasteiger partial charge in [0, 0.05) is 11.6 Å². The number of rotatable bonds is 5. The van der Waals surface area contributed by atoms with Gasteiger partial charge in [0.25, 0.3) is 5.91 Å². The summed E-state index contributed by atoms with van der Waals surface area (Å²) in [5.74, 6) is 0.685. The average Bonchev–Trinajstić information content (AvgIpc) is 3.16. The molecule has 3 aromatic rings. The Morgan fingerprint density at radius 3 is 2.46 bits per heavy atom. The van der Waals surface area contributed by atoms with Gasteiger partial charge >= 0.3 is 0 Å². The van der Waals surface area contributed by atoms with E-state index in [-0.39, 0.29) is 5.91 Å². The molecule has 3 rings (SSSR count). The number of thiazole rings is 1. The fourth-order valence-electron chi connectivity index (χ4n) is 2.39. The van der Waals surface area contributed by atoms with Gasteiger partial charge in [0.1, 0.15) is 0 Å². The lowest BCUT2D eigenvalue weighted by molar-refractivity contribution is 0.0995. The molecule has 0 bridgehead atoms. The van der Waals surface area contributed by atoms with Crippen LogP contribution < -0.4 is 14.4 Å². The number of ether oxygens (including phenoxy) is 2. The van der Waals surface area contributed by atoms with Crippen molar-refractivity contribution in [3.05, 3.63) is 65.7 Å². The molecular weight excluding hydrogens is 324 g/mol. The van der Waals surface area contributed by atoms with Crippen molar-refractivity contribution < 1.29 is 14.3 Å². The first-order valence-corrected chi connectivity index (χ1v) is 8.14. The van der Waals surface area contributed by atoms with Crippen LogP contribution in [0.4, 0.5) is 10.8 Å². The lowest BCUT2D eigenvalue weighted by Crippen LogP contribution is -2.26. The monoisotopic (exact) mass is 340 g/mol. The quantitative estimate of drug-likeness (QED) is 0.700. The molecule has 2 aromatic carbocycles. The fraction of sp³-hybridized carbons (Fsp3) is 0.111. The molecule has 1 aromatic heterocycles. The van der Waals surface area contributed by atoms with Crippen LogP contribution in [0.3, 0.4) is 0 Å². The van der Waals surface area contributed by atoms with Crippen LogP contribution in [0.1, 0.15) is 10.4 Å². The van der Waals surface area contributed by atoms with Gasteiger partial charge in [0.15, 0.2) is 16.6 Å². The van der Waals surface area contributed by atoms with Gasteiger partial charge < -0.3 is 9.47 Å². The van der Waals surface area contributed by atoms with Gasteiger partial charge in [0.05, 0.1) is 25.5 Å². The van der Waals surface area contributed by atoms with Gasteiger partial charge in [-0.05, 0) is 24.3 Å². The third-order valence-electron chi connectivity index (χ3n) is 3.46. The van der Waals surface area contributed by atoms with E-state index in [9.17, 15) is 4.79 Å². The number of para-hydroxylation sites is 2. The van der Waals surface area contributed by atoms with E-state index in [4.69, 9.17) is 9.47 Å². The van der Waals surface area contributed by atoms with Gasteiger partial charge in [-0.3, -0.25) is 9.69 Å². The minimum absolute atomic E-state index is 0.230. The van der Waals surface area contributed by atoms with E-state index in [0.717, 1.165) is 5.69 Å². The molecule has 0 fully saturated rings. The van der Waals surface area contributed by atoms with Crippen molar-refractivity contribution in [3.8, 4) is 11.5 Å². The number of aromatic nitrogens is 1. The SMILES string of the molecule is COc1cccc(C(=O)N(c2ccccc2)c2nccs2)c1OC. The van der Waals surface area contributed by atoms with E-state index < -0.39 is 0 Å². The van der Waals surface area contributed by atoms with Crippen LogP contribution in [0.2, 0.25) is 0 Å². The van der Waals surface area contributed by atoms with Crippen LogP contribution in [0, 0.1) is 0 Å². The molecule has 0 saturated heterocycles. The highest BCUT2D eigenvalue weighted by atomic mass is 32.1. The number of carbonyl (C=O) groups excluding carboxylic acids is 1. The van der Waals surface area contributed by atoms with Crippen molar-refractivity contribution >= 4 is 28.1 Å². The van der Waals surface area contributed by atoms with Gasteiger partial charge in [-0.25, -0.2) is 4.98 Å². The summed E-state index contributed by atoms with van der Waals surface area (Å²) in [4.78, 5) is 19.1. The average molecular weight is 340 g/mol. The largest absolute Gasteiger partial charge is 0.493 e. The predicted octanol–water partition coefficient (Wildman–Crippen LogP) is 4.14. The zero-order valence-corrected chi connectivity index (χ0v) is 14.1. The molecule has 0 aliphatic carbocycles.